The van der Waals surface area contributed by atoms with Gasteiger partial charge in [0.25, 0.3) is 0 Å². The lowest BCUT2D eigenvalue weighted by Gasteiger charge is -2.46. The van der Waals surface area contributed by atoms with Crippen LogP contribution in [-0.4, -0.2) is 101 Å². The number of ether oxygens (including phenoxy) is 4. The topological polar surface area (TPSA) is 196 Å². The molecule has 2 aliphatic rings. The van der Waals surface area contributed by atoms with Crippen LogP contribution in [0.25, 0.3) is 0 Å². The summed E-state index contributed by atoms with van der Waals surface area (Å²) in [7, 11) is 1.46. The van der Waals surface area contributed by atoms with Gasteiger partial charge in [-0.15, -0.1) is 0 Å². The molecule has 154 valence electrons. The Balaban J connectivity index is 2.10. The molecule has 2 rings (SSSR count). The van der Waals surface area contributed by atoms with Crippen LogP contribution in [0.4, 0.5) is 0 Å². The fraction of sp³-hybridized carbons (Fsp3) is 1.00. The van der Waals surface area contributed by atoms with Gasteiger partial charge >= 0.3 is 0 Å². The first-order chi connectivity index (χ1) is 12.2. The van der Waals surface area contributed by atoms with Gasteiger partial charge in [0, 0.05) is 25.7 Å². The molecule has 0 aromatic carbocycles. The van der Waals surface area contributed by atoms with Crippen LogP contribution < -0.4 is 17.2 Å². The van der Waals surface area contributed by atoms with E-state index in [0.29, 0.717) is 0 Å². The maximum absolute atomic E-state index is 10.6. The van der Waals surface area contributed by atoms with Crippen molar-refractivity contribution in [1.29, 1.82) is 0 Å². The average Bonchev–Trinajstić information content (AvgIpc) is 2.61. The molecule has 0 spiro atoms. The van der Waals surface area contributed by atoms with Crippen molar-refractivity contribution in [3.63, 3.8) is 0 Å². The minimum Gasteiger partial charge on any atom is -0.388 e. The molecule has 7 unspecified atom stereocenters. The third kappa shape index (κ3) is 4.51. The van der Waals surface area contributed by atoms with E-state index in [1.807, 2.05) is 0 Å². The zero-order valence-electron chi connectivity index (χ0n) is 14.9. The van der Waals surface area contributed by atoms with Crippen molar-refractivity contribution < 1.29 is 39.4 Å². The zero-order valence-corrected chi connectivity index (χ0v) is 14.9. The van der Waals surface area contributed by atoms with Crippen LogP contribution in [0.15, 0.2) is 0 Å². The highest BCUT2D eigenvalue weighted by Gasteiger charge is 2.49. The van der Waals surface area contributed by atoms with Gasteiger partial charge in [-0.2, -0.15) is 0 Å². The van der Waals surface area contributed by atoms with E-state index in [9.17, 15) is 20.4 Å². The molecule has 11 nitrogen and oxygen atoms in total. The summed E-state index contributed by atoms with van der Waals surface area (Å²) in [5.41, 5.74) is 17.6. The summed E-state index contributed by atoms with van der Waals surface area (Å²) in [6.07, 6.45) is -10.00. The Morgan fingerprint density at radius 1 is 1.00 bits per heavy atom. The van der Waals surface area contributed by atoms with Crippen molar-refractivity contribution in [2.45, 2.75) is 80.7 Å². The molecule has 11 atom stereocenters. The van der Waals surface area contributed by atoms with Crippen LogP contribution in [0.2, 0.25) is 0 Å². The quantitative estimate of drug-likeness (QED) is 0.221. The lowest BCUT2D eigenvalue weighted by Crippen LogP contribution is -2.66. The molecule has 0 amide bonds. The number of rotatable bonds is 6. The molecule has 11 heteroatoms. The van der Waals surface area contributed by atoms with Gasteiger partial charge in [0.2, 0.25) is 0 Å². The molecule has 1 saturated carbocycles. The van der Waals surface area contributed by atoms with Crippen LogP contribution >= 0.6 is 0 Å². The molecule has 0 aromatic heterocycles. The van der Waals surface area contributed by atoms with Crippen molar-refractivity contribution in [1.82, 2.24) is 0 Å². The highest BCUT2D eigenvalue weighted by molar-refractivity contribution is 5.00. The SMILES string of the molecule is COC(C)OC1C(O)[C@H](O[C@H]2OC(CN)[C@@H](O)C(O)C2O)C(N)C[C@H]1N. The largest absolute Gasteiger partial charge is 0.388 e. The Morgan fingerprint density at radius 2 is 1.62 bits per heavy atom. The number of nitrogens with two attached hydrogens (primary N) is 3. The highest BCUT2D eigenvalue weighted by atomic mass is 16.7. The van der Waals surface area contributed by atoms with Crippen molar-refractivity contribution in [3.05, 3.63) is 0 Å². The van der Waals surface area contributed by atoms with Gasteiger partial charge in [-0.3, -0.25) is 0 Å². The number of aliphatic hydroxyl groups excluding tert-OH is 4. The van der Waals surface area contributed by atoms with Gasteiger partial charge in [-0.1, -0.05) is 0 Å². The number of hydrogen-bond donors (Lipinski definition) is 7. The lowest BCUT2D eigenvalue weighted by molar-refractivity contribution is -0.321. The number of methoxy groups -OCH3 is 1. The van der Waals surface area contributed by atoms with Crippen LogP contribution in [0.3, 0.4) is 0 Å². The molecule has 2 fully saturated rings. The summed E-state index contributed by atoms with van der Waals surface area (Å²) in [5.74, 6) is 0. The molecule has 26 heavy (non-hydrogen) atoms. The van der Waals surface area contributed by atoms with Gasteiger partial charge < -0.3 is 56.6 Å². The third-order valence-corrected chi connectivity index (χ3v) is 4.93. The van der Waals surface area contributed by atoms with E-state index >= 15 is 0 Å². The molecule has 10 N–H and O–H groups in total. The smallest absolute Gasteiger partial charge is 0.187 e. The third-order valence-electron chi connectivity index (χ3n) is 4.93. The van der Waals surface area contributed by atoms with Crippen molar-refractivity contribution >= 4 is 0 Å². The molecule has 1 aliphatic carbocycles. The van der Waals surface area contributed by atoms with E-state index in [1.54, 1.807) is 6.92 Å². The van der Waals surface area contributed by atoms with Crippen molar-refractivity contribution in [2.75, 3.05) is 13.7 Å². The van der Waals surface area contributed by atoms with Gasteiger partial charge in [-0.05, 0) is 13.3 Å². The summed E-state index contributed by atoms with van der Waals surface area (Å²) < 4.78 is 21.7. The number of hydrogen-bond acceptors (Lipinski definition) is 11. The molecule has 0 radical (unpaired) electrons. The monoisotopic (exact) mass is 381 g/mol. The van der Waals surface area contributed by atoms with Crippen LogP contribution in [0.5, 0.6) is 0 Å². The van der Waals surface area contributed by atoms with Gasteiger partial charge in [0.1, 0.15) is 42.7 Å². The summed E-state index contributed by atoms with van der Waals surface area (Å²) in [5, 5.41) is 40.6. The molecule has 0 aromatic rings. The van der Waals surface area contributed by atoms with Crippen molar-refractivity contribution in [3.8, 4) is 0 Å². The van der Waals surface area contributed by atoms with Crippen LogP contribution in [0.1, 0.15) is 13.3 Å². The Morgan fingerprint density at radius 3 is 2.19 bits per heavy atom. The standard InChI is InChI=1S/C15H31N3O8/c1-5(23-2)24-13-6(17)3-7(18)14(12(13)22)26-15-11(21)10(20)9(19)8(4-16)25-15/h5-15,19-22H,3-4,16-18H2,1-2H3/t5?,6-,7?,8?,9-,10?,11?,12?,13?,14-,15-/m1/s1. The summed E-state index contributed by atoms with van der Waals surface area (Å²) >= 11 is 0. The van der Waals surface area contributed by atoms with Gasteiger partial charge in [0.05, 0.1) is 0 Å². The first-order valence-electron chi connectivity index (χ1n) is 8.63. The Bertz CT molecular complexity index is 445. The van der Waals surface area contributed by atoms with E-state index in [-0.39, 0.29) is 13.0 Å². The Kier molecular flexibility index (Phi) is 7.71. The van der Waals surface area contributed by atoms with Gasteiger partial charge in [0.15, 0.2) is 12.6 Å². The second kappa shape index (κ2) is 9.17. The lowest BCUT2D eigenvalue weighted by atomic mass is 9.84. The minimum absolute atomic E-state index is 0.0912. The Hall–Kier alpha value is -0.440. The zero-order chi connectivity index (χ0) is 19.6. The highest BCUT2D eigenvalue weighted by Crippen LogP contribution is 2.29. The van der Waals surface area contributed by atoms with Crippen LogP contribution in [0, 0.1) is 0 Å². The molecule has 1 heterocycles. The minimum atomic E-state index is -1.54. The maximum Gasteiger partial charge on any atom is 0.187 e. The number of aliphatic hydroxyl groups is 4. The van der Waals surface area contributed by atoms with Crippen molar-refractivity contribution in [2.24, 2.45) is 17.2 Å². The predicted octanol–water partition coefficient (Wildman–Crippen LogP) is -4.07. The summed E-state index contributed by atoms with van der Waals surface area (Å²) in [6.45, 7) is 1.56. The van der Waals surface area contributed by atoms with Gasteiger partial charge in [-0.25, -0.2) is 0 Å². The molecule has 1 aliphatic heterocycles. The molecular formula is C15H31N3O8. The van der Waals surface area contributed by atoms with E-state index in [4.69, 9.17) is 36.1 Å². The predicted molar refractivity (Wildman–Crippen MR) is 88.5 cm³/mol. The fourth-order valence-corrected chi connectivity index (χ4v) is 3.29. The van der Waals surface area contributed by atoms with E-state index in [1.165, 1.54) is 7.11 Å². The first-order valence-corrected chi connectivity index (χ1v) is 8.63. The second-order valence-electron chi connectivity index (χ2n) is 6.81. The average molecular weight is 381 g/mol. The second-order valence-corrected chi connectivity index (χ2v) is 6.81. The maximum atomic E-state index is 10.6. The molecule has 0 bridgehead atoms. The Labute approximate surface area is 151 Å². The first kappa shape index (κ1) is 21.9. The summed E-state index contributed by atoms with van der Waals surface area (Å²) in [6, 6.07) is -1.20. The van der Waals surface area contributed by atoms with E-state index in [2.05, 4.69) is 0 Å². The fourth-order valence-electron chi connectivity index (χ4n) is 3.29. The molecule has 1 saturated heterocycles. The van der Waals surface area contributed by atoms with E-state index in [0.717, 1.165) is 0 Å². The van der Waals surface area contributed by atoms with Crippen LogP contribution in [-0.2, 0) is 18.9 Å². The summed E-state index contributed by atoms with van der Waals surface area (Å²) in [4.78, 5) is 0. The molecular weight excluding hydrogens is 350 g/mol. The van der Waals surface area contributed by atoms with E-state index < -0.39 is 67.4 Å². The normalized spacial score (nSPS) is 48.3.